The van der Waals surface area contributed by atoms with E-state index in [1.54, 1.807) is 12.1 Å². The maximum Gasteiger partial charge on any atom is 0.394 e. The average Bonchev–Trinajstić information content (AvgIpc) is 2.08. The molecular formula is C7H5BrN2O3. The van der Waals surface area contributed by atoms with Crippen molar-refractivity contribution in [2.75, 3.05) is 5.32 Å². The first kappa shape index (κ1) is 9.66. The van der Waals surface area contributed by atoms with Gasteiger partial charge in [0.25, 0.3) is 0 Å². The Labute approximate surface area is 81.9 Å². The third-order valence-electron chi connectivity index (χ3n) is 1.18. The van der Waals surface area contributed by atoms with Crippen molar-refractivity contribution in [1.29, 1.82) is 0 Å². The molecule has 0 saturated heterocycles. The molecule has 0 fully saturated rings. The standard InChI is InChI=1S/C7H5BrN2O3/c8-4-2-1-3-9-5(4)10-6(11)7(12)13/h1-3H,(H,12,13)(H,9,10,11). The quantitative estimate of drug-likeness (QED) is 0.719. The van der Waals surface area contributed by atoms with E-state index in [2.05, 4.69) is 26.2 Å². The smallest absolute Gasteiger partial charge is 0.394 e. The second-order valence-corrected chi connectivity index (χ2v) is 2.95. The summed E-state index contributed by atoms with van der Waals surface area (Å²) in [5.41, 5.74) is 0. The van der Waals surface area contributed by atoms with Gasteiger partial charge in [-0.3, -0.25) is 10.1 Å². The van der Waals surface area contributed by atoms with E-state index in [4.69, 9.17) is 5.11 Å². The highest BCUT2D eigenvalue weighted by Crippen LogP contribution is 2.17. The van der Waals surface area contributed by atoms with Crippen molar-refractivity contribution in [2.24, 2.45) is 0 Å². The molecule has 0 saturated carbocycles. The Morgan fingerprint density at radius 3 is 2.77 bits per heavy atom. The molecule has 2 N–H and O–H groups in total. The van der Waals surface area contributed by atoms with Crippen LogP contribution in [0.1, 0.15) is 0 Å². The molecule has 1 amide bonds. The van der Waals surface area contributed by atoms with Crippen LogP contribution in [0.4, 0.5) is 5.82 Å². The average molecular weight is 245 g/mol. The van der Waals surface area contributed by atoms with Crippen molar-refractivity contribution in [3.63, 3.8) is 0 Å². The van der Waals surface area contributed by atoms with Crippen LogP contribution in [-0.4, -0.2) is 22.0 Å². The Morgan fingerprint density at radius 1 is 1.54 bits per heavy atom. The Balaban J connectivity index is 2.81. The lowest BCUT2D eigenvalue weighted by Gasteiger charge is -2.01. The maximum absolute atomic E-state index is 10.7. The van der Waals surface area contributed by atoms with Gasteiger partial charge in [0, 0.05) is 6.20 Å². The minimum absolute atomic E-state index is 0.190. The van der Waals surface area contributed by atoms with Crippen LogP contribution in [-0.2, 0) is 9.59 Å². The first-order valence-corrected chi connectivity index (χ1v) is 4.05. The Hall–Kier alpha value is -1.43. The van der Waals surface area contributed by atoms with Gasteiger partial charge in [-0.1, -0.05) is 0 Å². The molecule has 0 radical (unpaired) electrons. The molecule has 5 nitrogen and oxygen atoms in total. The van der Waals surface area contributed by atoms with E-state index in [9.17, 15) is 9.59 Å². The molecule has 0 aromatic carbocycles. The van der Waals surface area contributed by atoms with Gasteiger partial charge in [0.05, 0.1) is 4.47 Å². The fraction of sp³-hybridized carbons (Fsp3) is 0. The van der Waals surface area contributed by atoms with E-state index in [-0.39, 0.29) is 5.82 Å². The number of rotatable bonds is 1. The summed E-state index contributed by atoms with van der Waals surface area (Å²) >= 11 is 3.10. The molecule has 13 heavy (non-hydrogen) atoms. The summed E-state index contributed by atoms with van der Waals surface area (Å²) in [5, 5.41) is 10.4. The number of aliphatic carboxylic acids is 1. The Morgan fingerprint density at radius 2 is 2.23 bits per heavy atom. The first-order chi connectivity index (χ1) is 6.11. The summed E-state index contributed by atoms with van der Waals surface area (Å²) in [7, 11) is 0. The lowest BCUT2D eigenvalue weighted by Crippen LogP contribution is -2.22. The number of nitrogens with zero attached hydrogens (tertiary/aromatic N) is 1. The van der Waals surface area contributed by atoms with E-state index < -0.39 is 11.9 Å². The number of anilines is 1. The molecule has 0 bridgehead atoms. The van der Waals surface area contributed by atoms with Crippen molar-refractivity contribution in [1.82, 2.24) is 4.98 Å². The van der Waals surface area contributed by atoms with Crippen molar-refractivity contribution in [3.8, 4) is 0 Å². The SMILES string of the molecule is O=C(O)C(=O)Nc1ncccc1Br. The largest absolute Gasteiger partial charge is 0.474 e. The molecule has 6 heteroatoms. The Kier molecular flexibility index (Phi) is 2.97. The van der Waals surface area contributed by atoms with Gasteiger partial charge in [-0.05, 0) is 28.1 Å². The number of amides is 1. The highest BCUT2D eigenvalue weighted by atomic mass is 79.9. The van der Waals surface area contributed by atoms with Crippen molar-refractivity contribution < 1.29 is 14.7 Å². The molecule has 68 valence electrons. The van der Waals surface area contributed by atoms with Gasteiger partial charge < -0.3 is 5.11 Å². The van der Waals surface area contributed by atoms with Crippen LogP contribution in [0.2, 0.25) is 0 Å². The zero-order valence-electron chi connectivity index (χ0n) is 6.32. The van der Waals surface area contributed by atoms with Gasteiger partial charge in [-0.2, -0.15) is 0 Å². The van der Waals surface area contributed by atoms with E-state index in [0.29, 0.717) is 4.47 Å². The molecule has 0 unspecified atom stereocenters. The summed E-state index contributed by atoms with van der Waals surface area (Å²) in [4.78, 5) is 24.6. The molecule has 0 spiro atoms. The van der Waals surface area contributed by atoms with Gasteiger partial charge in [-0.25, -0.2) is 9.78 Å². The van der Waals surface area contributed by atoms with Crippen molar-refractivity contribution in [3.05, 3.63) is 22.8 Å². The van der Waals surface area contributed by atoms with Crippen LogP contribution in [0.15, 0.2) is 22.8 Å². The number of hydrogen-bond acceptors (Lipinski definition) is 3. The van der Waals surface area contributed by atoms with Gasteiger partial charge in [0.1, 0.15) is 5.82 Å². The summed E-state index contributed by atoms with van der Waals surface area (Å²) in [5.74, 6) is -2.47. The number of nitrogens with one attached hydrogen (secondary N) is 1. The second-order valence-electron chi connectivity index (χ2n) is 2.09. The summed E-state index contributed by atoms with van der Waals surface area (Å²) in [6, 6.07) is 3.30. The zero-order valence-corrected chi connectivity index (χ0v) is 7.91. The highest BCUT2D eigenvalue weighted by molar-refractivity contribution is 9.10. The predicted molar refractivity (Wildman–Crippen MR) is 48.2 cm³/mol. The number of carboxylic acids is 1. The van der Waals surface area contributed by atoms with Gasteiger partial charge in [0.2, 0.25) is 0 Å². The van der Waals surface area contributed by atoms with Crippen LogP contribution in [0.5, 0.6) is 0 Å². The molecule has 0 aliphatic heterocycles. The molecule has 1 aromatic heterocycles. The van der Waals surface area contributed by atoms with Crippen molar-refractivity contribution in [2.45, 2.75) is 0 Å². The van der Waals surface area contributed by atoms with E-state index in [1.165, 1.54) is 6.20 Å². The molecule has 0 aliphatic carbocycles. The Bertz CT molecular complexity index is 353. The van der Waals surface area contributed by atoms with E-state index >= 15 is 0 Å². The van der Waals surface area contributed by atoms with E-state index in [1.807, 2.05) is 0 Å². The highest BCUT2D eigenvalue weighted by Gasteiger charge is 2.12. The summed E-state index contributed by atoms with van der Waals surface area (Å²) in [6.07, 6.45) is 1.45. The molecule has 1 aromatic rings. The number of halogens is 1. The van der Waals surface area contributed by atoms with Crippen molar-refractivity contribution >= 4 is 33.6 Å². The van der Waals surface area contributed by atoms with Crippen LogP contribution >= 0.6 is 15.9 Å². The number of pyridine rings is 1. The summed E-state index contributed by atoms with van der Waals surface area (Å²) in [6.45, 7) is 0. The molecule has 1 heterocycles. The topological polar surface area (TPSA) is 79.3 Å². The van der Waals surface area contributed by atoms with Crippen LogP contribution < -0.4 is 5.32 Å². The molecule has 0 aliphatic rings. The maximum atomic E-state index is 10.7. The lowest BCUT2D eigenvalue weighted by molar-refractivity contribution is -0.147. The minimum atomic E-state index is -1.54. The lowest BCUT2D eigenvalue weighted by atomic mass is 10.4. The van der Waals surface area contributed by atoms with Crippen LogP contribution in [0.25, 0.3) is 0 Å². The van der Waals surface area contributed by atoms with Crippen LogP contribution in [0, 0.1) is 0 Å². The number of hydrogen-bond donors (Lipinski definition) is 2. The fourth-order valence-electron chi connectivity index (χ4n) is 0.639. The molecular weight excluding hydrogens is 240 g/mol. The third-order valence-corrected chi connectivity index (χ3v) is 1.82. The first-order valence-electron chi connectivity index (χ1n) is 3.26. The number of aromatic nitrogens is 1. The number of carboxylic acid groups (broad SMARTS) is 1. The van der Waals surface area contributed by atoms with Gasteiger partial charge in [0.15, 0.2) is 0 Å². The monoisotopic (exact) mass is 244 g/mol. The number of carbonyl (C=O) groups excluding carboxylic acids is 1. The zero-order chi connectivity index (χ0) is 9.84. The predicted octanol–water partition coefficient (Wildman–Crippen LogP) is 0.867. The van der Waals surface area contributed by atoms with Crippen LogP contribution in [0.3, 0.4) is 0 Å². The van der Waals surface area contributed by atoms with Gasteiger partial charge >= 0.3 is 11.9 Å². The minimum Gasteiger partial charge on any atom is -0.474 e. The second kappa shape index (κ2) is 3.99. The van der Waals surface area contributed by atoms with E-state index in [0.717, 1.165) is 0 Å². The summed E-state index contributed by atoms with van der Waals surface area (Å²) < 4.78 is 0.532. The fourth-order valence-corrected chi connectivity index (χ4v) is 0.993. The third kappa shape index (κ3) is 2.51. The number of carbonyl (C=O) groups is 2. The molecule has 0 atom stereocenters. The van der Waals surface area contributed by atoms with Gasteiger partial charge in [-0.15, -0.1) is 0 Å². The normalized spacial score (nSPS) is 9.31. The molecule has 1 rings (SSSR count).